The Kier molecular flexibility index (Phi) is 5.60. The number of hydrogen-bond acceptors (Lipinski definition) is 4. The molecule has 8 heteroatoms. The number of carbonyl (C=O) groups excluding carboxylic acids is 1. The van der Waals surface area contributed by atoms with E-state index in [4.69, 9.17) is 0 Å². The van der Waals surface area contributed by atoms with Gasteiger partial charge in [-0.05, 0) is 54.8 Å². The first-order valence-corrected chi connectivity index (χ1v) is 12.4. The van der Waals surface area contributed by atoms with Crippen molar-refractivity contribution < 1.29 is 13.2 Å². The van der Waals surface area contributed by atoms with Crippen LogP contribution in [0.15, 0.2) is 77.7 Å². The van der Waals surface area contributed by atoms with Gasteiger partial charge in [0, 0.05) is 25.1 Å². The maximum Gasteiger partial charge on any atom is 0.264 e. The third-order valence-electron chi connectivity index (χ3n) is 5.84. The first-order valence-electron chi connectivity index (χ1n) is 10.9. The number of carbonyl (C=O) groups is 1. The van der Waals surface area contributed by atoms with Crippen molar-refractivity contribution in [3.8, 4) is 0 Å². The van der Waals surface area contributed by atoms with Crippen LogP contribution in [-0.4, -0.2) is 37.4 Å². The highest BCUT2D eigenvalue weighted by Crippen LogP contribution is 2.32. The predicted octanol–water partition coefficient (Wildman–Crippen LogP) is 3.68. The summed E-state index contributed by atoms with van der Waals surface area (Å²) in [5.41, 5.74) is 3.97. The Balaban J connectivity index is 1.23. The molecule has 0 saturated heterocycles. The van der Waals surface area contributed by atoms with Crippen molar-refractivity contribution >= 4 is 32.7 Å². The van der Waals surface area contributed by atoms with Crippen molar-refractivity contribution in [2.75, 3.05) is 17.4 Å². The van der Waals surface area contributed by atoms with Gasteiger partial charge < -0.3 is 10.3 Å². The summed E-state index contributed by atoms with van der Waals surface area (Å²) >= 11 is 0. The molecule has 7 nitrogen and oxygen atoms in total. The van der Waals surface area contributed by atoms with Crippen molar-refractivity contribution in [2.45, 2.75) is 24.2 Å². The van der Waals surface area contributed by atoms with Crippen LogP contribution < -0.4 is 9.62 Å². The van der Waals surface area contributed by atoms with Gasteiger partial charge in [0.2, 0.25) is 0 Å². The number of hydrogen-bond donors (Lipinski definition) is 2. The number of sulfonamides is 1. The SMILES string of the molecule is O=C(NCCCc1nc2ccccc2[nH]1)c1cccc(S(=O)(=O)N2CCc3ccccc32)c1. The number of rotatable bonds is 7. The summed E-state index contributed by atoms with van der Waals surface area (Å²) in [6.45, 7) is 0.867. The summed E-state index contributed by atoms with van der Waals surface area (Å²) in [6.07, 6.45) is 2.10. The van der Waals surface area contributed by atoms with Crippen molar-refractivity contribution in [3.05, 3.63) is 89.7 Å². The van der Waals surface area contributed by atoms with Crippen molar-refractivity contribution in [1.29, 1.82) is 0 Å². The lowest BCUT2D eigenvalue weighted by Gasteiger charge is -2.20. The fourth-order valence-electron chi connectivity index (χ4n) is 4.17. The standard InChI is InChI=1S/C25H24N4O3S/c30-25(26-15-6-13-24-27-21-10-2-3-11-22(21)28-24)19-8-5-9-20(17-19)33(31,32)29-16-14-18-7-1-4-12-23(18)29/h1-5,7-12,17H,6,13-16H2,(H,26,30)(H,27,28). The molecule has 0 radical (unpaired) electrons. The molecule has 1 aliphatic heterocycles. The molecule has 2 heterocycles. The largest absolute Gasteiger partial charge is 0.352 e. The number of amides is 1. The molecule has 5 rings (SSSR count). The normalized spacial score (nSPS) is 13.3. The van der Waals surface area contributed by atoms with Gasteiger partial charge in [0.05, 0.1) is 21.6 Å². The smallest absolute Gasteiger partial charge is 0.264 e. The highest BCUT2D eigenvalue weighted by molar-refractivity contribution is 7.92. The van der Waals surface area contributed by atoms with Gasteiger partial charge >= 0.3 is 0 Å². The fraction of sp³-hybridized carbons (Fsp3) is 0.200. The molecule has 1 aliphatic rings. The molecule has 0 bridgehead atoms. The minimum atomic E-state index is -3.74. The van der Waals surface area contributed by atoms with E-state index < -0.39 is 10.0 Å². The van der Waals surface area contributed by atoms with E-state index in [-0.39, 0.29) is 10.8 Å². The van der Waals surface area contributed by atoms with Crippen molar-refractivity contribution in [2.24, 2.45) is 0 Å². The molecule has 1 aromatic heterocycles. The van der Waals surface area contributed by atoms with Crippen LogP contribution in [0.1, 0.15) is 28.2 Å². The van der Waals surface area contributed by atoms with E-state index in [1.165, 1.54) is 16.4 Å². The molecular formula is C25H24N4O3S. The Labute approximate surface area is 192 Å². The summed E-state index contributed by atoms with van der Waals surface area (Å²) in [7, 11) is -3.74. The van der Waals surface area contributed by atoms with Gasteiger partial charge in [-0.3, -0.25) is 9.10 Å². The van der Waals surface area contributed by atoms with Crippen molar-refractivity contribution in [1.82, 2.24) is 15.3 Å². The minimum Gasteiger partial charge on any atom is -0.352 e. The predicted molar refractivity (Wildman–Crippen MR) is 128 cm³/mol. The third kappa shape index (κ3) is 4.21. The Morgan fingerprint density at radius 2 is 1.85 bits per heavy atom. The van der Waals surface area contributed by atoms with Crippen LogP contribution in [0.2, 0.25) is 0 Å². The van der Waals surface area contributed by atoms with Gasteiger partial charge in [0.25, 0.3) is 15.9 Å². The number of imidazole rings is 1. The quantitative estimate of drug-likeness (QED) is 0.411. The lowest BCUT2D eigenvalue weighted by Crippen LogP contribution is -2.30. The Hall–Kier alpha value is -3.65. The number of benzene rings is 3. The molecule has 0 atom stereocenters. The zero-order valence-corrected chi connectivity index (χ0v) is 18.8. The van der Waals surface area contributed by atoms with Crippen LogP contribution >= 0.6 is 0 Å². The van der Waals surface area contributed by atoms with Crippen LogP contribution in [0, 0.1) is 0 Å². The molecule has 0 aliphatic carbocycles. The van der Waals surface area contributed by atoms with Gasteiger partial charge in [-0.1, -0.05) is 36.4 Å². The van der Waals surface area contributed by atoms with E-state index in [9.17, 15) is 13.2 Å². The van der Waals surface area contributed by atoms with Crippen molar-refractivity contribution in [3.63, 3.8) is 0 Å². The molecule has 3 aromatic carbocycles. The molecule has 168 valence electrons. The second kappa shape index (κ2) is 8.71. The summed E-state index contributed by atoms with van der Waals surface area (Å²) in [6, 6.07) is 21.6. The van der Waals surface area contributed by atoms with Crippen LogP contribution in [0.5, 0.6) is 0 Å². The van der Waals surface area contributed by atoms with E-state index in [0.717, 1.165) is 22.4 Å². The number of aryl methyl sites for hydroxylation is 1. The zero-order chi connectivity index (χ0) is 22.8. The molecular weight excluding hydrogens is 436 g/mol. The average molecular weight is 461 g/mol. The molecule has 2 N–H and O–H groups in total. The van der Waals surface area contributed by atoms with Crippen LogP contribution in [-0.2, 0) is 22.9 Å². The maximum absolute atomic E-state index is 13.2. The average Bonchev–Trinajstić information content (AvgIpc) is 3.46. The first kappa shape index (κ1) is 21.2. The number of para-hydroxylation sites is 3. The zero-order valence-electron chi connectivity index (χ0n) is 18.0. The summed E-state index contributed by atoms with van der Waals surface area (Å²) < 4.78 is 27.9. The summed E-state index contributed by atoms with van der Waals surface area (Å²) in [5.74, 6) is 0.586. The minimum absolute atomic E-state index is 0.120. The summed E-state index contributed by atoms with van der Waals surface area (Å²) in [5, 5.41) is 2.88. The Morgan fingerprint density at radius 3 is 2.73 bits per heavy atom. The molecule has 0 saturated carbocycles. The van der Waals surface area contributed by atoms with E-state index in [0.29, 0.717) is 43.6 Å². The van der Waals surface area contributed by atoms with Gasteiger partial charge in [0.15, 0.2) is 0 Å². The lowest BCUT2D eigenvalue weighted by molar-refractivity contribution is 0.0953. The van der Waals surface area contributed by atoms with Crippen LogP contribution in [0.25, 0.3) is 11.0 Å². The molecule has 1 amide bonds. The fourth-order valence-corrected chi connectivity index (χ4v) is 5.72. The van der Waals surface area contributed by atoms with Gasteiger partial charge in [0.1, 0.15) is 5.82 Å². The van der Waals surface area contributed by atoms with E-state index >= 15 is 0 Å². The maximum atomic E-state index is 13.2. The van der Waals surface area contributed by atoms with Gasteiger partial charge in [-0.15, -0.1) is 0 Å². The second-order valence-electron chi connectivity index (χ2n) is 8.04. The molecule has 33 heavy (non-hydrogen) atoms. The second-order valence-corrected chi connectivity index (χ2v) is 9.91. The number of nitrogens with one attached hydrogen (secondary N) is 2. The van der Waals surface area contributed by atoms with Gasteiger partial charge in [-0.25, -0.2) is 13.4 Å². The van der Waals surface area contributed by atoms with E-state index in [1.54, 1.807) is 12.1 Å². The monoisotopic (exact) mass is 460 g/mol. The van der Waals surface area contributed by atoms with Crippen LogP contribution in [0.3, 0.4) is 0 Å². The van der Waals surface area contributed by atoms with E-state index in [2.05, 4.69) is 15.3 Å². The number of aromatic amines is 1. The third-order valence-corrected chi connectivity index (χ3v) is 7.65. The highest BCUT2D eigenvalue weighted by Gasteiger charge is 2.30. The molecule has 4 aromatic rings. The topological polar surface area (TPSA) is 95.2 Å². The first-order chi connectivity index (χ1) is 16.0. The molecule has 0 fully saturated rings. The molecule has 0 spiro atoms. The number of anilines is 1. The van der Waals surface area contributed by atoms with Crippen LogP contribution in [0.4, 0.5) is 5.69 Å². The highest BCUT2D eigenvalue weighted by atomic mass is 32.2. The number of aromatic nitrogens is 2. The number of fused-ring (bicyclic) bond motifs is 2. The summed E-state index contributed by atoms with van der Waals surface area (Å²) in [4.78, 5) is 20.6. The van der Waals surface area contributed by atoms with Gasteiger partial charge in [-0.2, -0.15) is 0 Å². The molecule has 0 unspecified atom stereocenters. The lowest BCUT2D eigenvalue weighted by atomic mass is 10.2. The number of nitrogens with zero attached hydrogens (tertiary/aromatic N) is 2. The van der Waals surface area contributed by atoms with E-state index in [1.807, 2.05) is 48.5 Å². The number of H-pyrrole nitrogens is 1. The Morgan fingerprint density at radius 1 is 1.03 bits per heavy atom. The Bertz CT molecular complexity index is 1400.